The monoisotopic (exact) mass is 850 g/mol. The quantitative estimate of drug-likeness (QED) is 0.106. The number of carbonyl (C=O) groups is 2. The second kappa shape index (κ2) is 17.9. The molecule has 0 radical (unpaired) electrons. The number of imide groups is 1. The number of halogens is 1. The first-order valence-corrected chi connectivity index (χ1v) is 23.2. The van der Waals surface area contributed by atoms with Gasteiger partial charge in [0.15, 0.2) is 0 Å². The summed E-state index contributed by atoms with van der Waals surface area (Å²) in [5.74, 6) is 0.299. The first-order valence-electron chi connectivity index (χ1n) is 20.8. The van der Waals surface area contributed by atoms with E-state index in [4.69, 9.17) is 10.1 Å². The van der Waals surface area contributed by atoms with Gasteiger partial charge in [-0.1, -0.05) is 43.3 Å². The highest BCUT2D eigenvalue weighted by Crippen LogP contribution is 2.40. The van der Waals surface area contributed by atoms with Gasteiger partial charge in [-0.15, -0.1) is 11.3 Å². The van der Waals surface area contributed by atoms with Gasteiger partial charge in [-0.3, -0.25) is 14.9 Å². The Morgan fingerprint density at radius 1 is 0.917 bits per heavy atom. The van der Waals surface area contributed by atoms with Crippen LogP contribution in [0.2, 0.25) is 0 Å². The first-order chi connectivity index (χ1) is 28.9. The molecule has 8 rings (SSSR count). The molecule has 0 aliphatic carbocycles. The average molecular weight is 851 g/mol. The lowest BCUT2D eigenvalue weighted by molar-refractivity contribution is -0.134. The van der Waals surface area contributed by atoms with E-state index in [1.165, 1.54) is 28.7 Å². The van der Waals surface area contributed by atoms with Crippen LogP contribution in [0.5, 0.6) is 0 Å². The van der Waals surface area contributed by atoms with E-state index in [1.54, 1.807) is 31.3 Å². The van der Waals surface area contributed by atoms with E-state index in [0.717, 1.165) is 69.7 Å². The van der Waals surface area contributed by atoms with Crippen molar-refractivity contribution in [3.05, 3.63) is 107 Å². The molecule has 5 heterocycles. The van der Waals surface area contributed by atoms with Crippen molar-refractivity contribution < 1.29 is 22.4 Å². The fourth-order valence-corrected chi connectivity index (χ4v) is 10.9. The number of carbonyl (C=O) groups excluding carboxylic acids is 2. The highest BCUT2D eigenvalue weighted by molar-refractivity contribution is 7.89. The van der Waals surface area contributed by atoms with Crippen molar-refractivity contribution >= 4 is 50.5 Å². The molecule has 5 aromatic rings. The Bertz CT molecular complexity index is 2450. The molecule has 0 bridgehead atoms. The van der Waals surface area contributed by atoms with E-state index < -0.39 is 21.1 Å². The van der Waals surface area contributed by atoms with Crippen molar-refractivity contribution in [3.8, 4) is 21.8 Å². The molecule has 2 amide bonds. The summed E-state index contributed by atoms with van der Waals surface area (Å²) in [4.78, 5) is 43.4. The van der Waals surface area contributed by atoms with Crippen LogP contribution in [0, 0.1) is 18.7 Å². The maximum absolute atomic E-state index is 16.0. The normalized spacial score (nSPS) is 19.0. The van der Waals surface area contributed by atoms with Gasteiger partial charge in [0.05, 0.1) is 27.2 Å². The Labute approximate surface area is 354 Å². The summed E-state index contributed by atoms with van der Waals surface area (Å²) in [5.41, 5.74) is 5.53. The zero-order valence-corrected chi connectivity index (χ0v) is 35.6. The van der Waals surface area contributed by atoms with Gasteiger partial charge in [-0.05, 0) is 118 Å². The van der Waals surface area contributed by atoms with Crippen LogP contribution < -0.4 is 20.7 Å². The molecule has 3 aromatic carbocycles. The number of anilines is 3. The summed E-state index contributed by atoms with van der Waals surface area (Å²) in [6.07, 6.45) is 7.33. The van der Waals surface area contributed by atoms with Crippen LogP contribution in [-0.4, -0.2) is 72.8 Å². The Morgan fingerprint density at radius 2 is 1.63 bits per heavy atom. The highest BCUT2D eigenvalue weighted by atomic mass is 32.2. The Balaban J connectivity index is 0.832. The van der Waals surface area contributed by atoms with Crippen LogP contribution in [0.25, 0.3) is 21.8 Å². The number of primary sulfonamides is 1. The van der Waals surface area contributed by atoms with E-state index in [0.29, 0.717) is 51.9 Å². The van der Waals surface area contributed by atoms with Crippen molar-refractivity contribution in [3.63, 3.8) is 0 Å². The number of hydrogen-bond acceptors (Lipinski definition) is 11. The van der Waals surface area contributed by atoms with Gasteiger partial charge in [0.2, 0.25) is 27.8 Å². The number of amides is 2. The van der Waals surface area contributed by atoms with Crippen LogP contribution in [0.15, 0.2) is 79.0 Å². The third-order valence-electron chi connectivity index (χ3n) is 12.3. The number of thiazole rings is 1. The number of aromatic nitrogens is 3. The molecule has 3 fully saturated rings. The van der Waals surface area contributed by atoms with E-state index in [2.05, 4.69) is 66.8 Å². The first kappa shape index (κ1) is 41.6. The van der Waals surface area contributed by atoms with Crippen LogP contribution in [-0.2, 0) is 19.6 Å². The minimum atomic E-state index is -4.01. The van der Waals surface area contributed by atoms with Crippen molar-refractivity contribution in [1.29, 1.82) is 0 Å². The van der Waals surface area contributed by atoms with Gasteiger partial charge in [-0.2, -0.15) is 0 Å². The lowest BCUT2D eigenvalue weighted by Gasteiger charge is -2.38. The number of nitrogens with one attached hydrogen (secondary N) is 2. The number of sulfonamides is 1. The third kappa shape index (κ3) is 9.29. The largest absolute Gasteiger partial charge is 0.372 e. The summed E-state index contributed by atoms with van der Waals surface area (Å²) in [5, 5.41) is 10.8. The SMILES string of the molecule is CCC(c1cccc(-c2nc(C)sc2-c2ccnc(Nc3ccc(C4CCN(CC5CCN(c6ccc([C@@H]7CCC(=O)NC7=O)cc6)CC5)CC4)cc3)n2)c1F)S(N)(=O)=O. The summed E-state index contributed by atoms with van der Waals surface area (Å²) in [6.45, 7) is 8.87. The molecule has 0 spiro atoms. The molecule has 3 aliphatic heterocycles. The van der Waals surface area contributed by atoms with Gasteiger partial charge < -0.3 is 15.1 Å². The van der Waals surface area contributed by atoms with Gasteiger partial charge in [-0.25, -0.2) is 32.9 Å². The molecule has 3 saturated heterocycles. The number of benzene rings is 3. The zero-order chi connectivity index (χ0) is 42.0. The second-order valence-electron chi connectivity index (χ2n) is 16.2. The van der Waals surface area contributed by atoms with Crippen molar-refractivity contribution in [1.82, 2.24) is 25.2 Å². The maximum atomic E-state index is 16.0. The van der Waals surface area contributed by atoms with Crippen molar-refractivity contribution in [2.45, 2.75) is 75.9 Å². The third-order valence-corrected chi connectivity index (χ3v) is 14.7. The van der Waals surface area contributed by atoms with Gasteiger partial charge in [0.1, 0.15) is 11.1 Å². The zero-order valence-electron chi connectivity index (χ0n) is 33.9. The number of nitrogens with two attached hydrogens (primary N) is 1. The van der Waals surface area contributed by atoms with Crippen LogP contribution >= 0.6 is 11.3 Å². The highest BCUT2D eigenvalue weighted by Gasteiger charge is 2.30. The molecule has 2 aromatic heterocycles. The lowest BCUT2D eigenvalue weighted by Crippen LogP contribution is -2.41. The van der Waals surface area contributed by atoms with Crippen molar-refractivity contribution in [2.75, 3.05) is 42.9 Å². The molecule has 2 atom stereocenters. The second-order valence-corrected chi connectivity index (χ2v) is 19.2. The minimum Gasteiger partial charge on any atom is -0.372 e. The minimum absolute atomic E-state index is 0.0242. The number of nitrogens with zero attached hydrogens (tertiary/aromatic N) is 5. The Morgan fingerprint density at radius 3 is 2.32 bits per heavy atom. The molecule has 0 saturated carbocycles. The number of hydrogen-bond donors (Lipinski definition) is 3. The molecule has 4 N–H and O–H groups in total. The summed E-state index contributed by atoms with van der Waals surface area (Å²) < 4.78 is 40.5. The van der Waals surface area contributed by atoms with E-state index in [-0.39, 0.29) is 35.3 Å². The topological polar surface area (TPSA) is 164 Å². The Hall–Kier alpha value is -5.09. The van der Waals surface area contributed by atoms with Crippen molar-refractivity contribution in [2.24, 2.45) is 11.1 Å². The van der Waals surface area contributed by atoms with Gasteiger partial charge in [0, 0.05) is 54.8 Å². The number of likely N-dealkylation sites (tertiary alicyclic amines) is 1. The molecular formula is C45H51FN8O4S2. The van der Waals surface area contributed by atoms with E-state index in [1.807, 2.05) is 19.1 Å². The summed E-state index contributed by atoms with van der Waals surface area (Å²) in [7, 11) is -4.01. The molecule has 1 unspecified atom stereocenters. The lowest BCUT2D eigenvalue weighted by atomic mass is 9.88. The molecule has 3 aliphatic rings. The van der Waals surface area contributed by atoms with Crippen LogP contribution in [0.4, 0.5) is 21.7 Å². The van der Waals surface area contributed by atoms with Gasteiger partial charge in [0.25, 0.3) is 0 Å². The predicted molar refractivity (Wildman–Crippen MR) is 234 cm³/mol. The Kier molecular flexibility index (Phi) is 12.4. The molecule has 15 heteroatoms. The smallest absolute Gasteiger partial charge is 0.234 e. The molecule has 314 valence electrons. The summed E-state index contributed by atoms with van der Waals surface area (Å²) in [6, 6.07) is 23.3. The predicted octanol–water partition coefficient (Wildman–Crippen LogP) is 7.81. The average Bonchev–Trinajstić information content (AvgIpc) is 3.63. The molecule has 60 heavy (non-hydrogen) atoms. The summed E-state index contributed by atoms with van der Waals surface area (Å²) >= 11 is 1.38. The molecule has 12 nitrogen and oxygen atoms in total. The molecular weight excluding hydrogens is 800 g/mol. The number of rotatable bonds is 12. The number of aryl methyl sites for hydroxylation is 1. The maximum Gasteiger partial charge on any atom is 0.234 e. The van der Waals surface area contributed by atoms with Crippen LogP contribution in [0.3, 0.4) is 0 Å². The van der Waals surface area contributed by atoms with E-state index >= 15 is 4.39 Å². The number of piperidine rings is 3. The fraction of sp³-hybridized carbons (Fsp3) is 0.400. The van der Waals surface area contributed by atoms with Gasteiger partial charge >= 0.3 is 0 Å². The van der Waals surface area contributed by atoms with E-state index in [9.17, 15) is 18.0 Å². The fourth-order valence-electron chi connectivity index (χ4n) is 9.02. The standard InChI is InChI=1S/C45H51FN8O4S2/c1-3-39(60(47,57)58)36-5-4-6-37(41(36)46)42-43(59-28(2)49-42)38-17-22-48-45(51-38)50-33-11-7-30(8-12-33)31-20-23-53(24-21-31)27-29-18-25-54(26-19-29)34-13-9-32(10-14-34)35-15-16-40(55)52-44(35)56/h4-14,17,22,29,31,35,39H,3,15-16,18-21,23-27H2,1-2H3,(H2,47,57,58)(H,48,50,51)(H,52,55,56)/t35-,39?/m0/s1. The van der Waals surface area contributed by atoms with Crippen LogP contribution in [0.1, 0.15) is 90.7 Å².